The minimum absolute atomic E-state index is 0.281. The van der Waals surface area contributed by atoms with Gasteiger partial charge in [-0.2, -0.15) is 0 Å². The van der Waals surface area contributed by atoms with Gasteiger partial charge >= 0.3 is 0 Å². The van der Waals surface area contributed by atoms with Crippen molar-refractivity contribution < 1.29 is 22.8 Å². The molecule has 5 heterocycles. The fourth-order valence-corrected chi connectivity index (χ4v) is 19.0. The zero-order valence-corrected chi connectivity index (χ0v) is 78.7. The number of rotatable bonds is 15. The molecule has 125 heavy (non-hydrogen) atoms. The van der Waals surface area contributed by atoms with Gasteiger partial charge in [-0.3, -0.25) is 0 Å². The highest BCUT2D eigenvalue weighted by molar-refractivity contribution is 5.79. The lowest BCUT2D eigenvalue weighted by molar-refractivity contribution is -0.661. The maximum Gasteiger partial charge on any atom is 0.212 e. The third-order valence-corrected chi connectivity index (χ3v) is 25.9. The minimum atomic E-state index is 0.281. The molecule has 2 saturated carbocycles. The first-order chi connectivity index (χ1) is 60.1. The summed E-state index contributed by atoms with van der Waals surface area (Å²) >= 11 is 0. The molecule has 0 aliphatic heterocycles. The van der Waals surface area contributed by atoms with E-state index in [-0.39, 0.29) is 5.41 Å². The molecule has 5 heteroatoms. The Morgan fingerprint density at radius 1 is 0.256 bits per heavy atom. The van der Waals surface area contributed by atoms with Gasteiger partial charge in [-0.1, -0.05) is 273 Å². The molecule has 0 atom stereocenters. The summed E-state index contributed by atoms with van der Waals surface area (Å²) in [6.45, 7) is 33.7. The smallest absolute Gasteiger partial charge is 0.201 e. The number of benzene rings is 10. The quantitative estimate of drug-likeness (QED) is 0.0912. The molecule has 636 valence electrons. The molecule has 15 aromatic rings. The Bertz CT molecular complexity index is 6180. The van der Waals surface area contributed by atoms with E-state index in [1.165, 1.54) is 236 Å². The molecule has 0 radical (unpaired) electrons. The van der Waals surface area contributed by atoms with E-state index < -0.39 is 0 Å². The Hall–Kier alpha value is -12.1. The first kappa shape index (κ1) is 90.7. The van der Waals surface area contributed by atoms with Crippen LogP contribution in [-0.2, 0) is 48.1 Å². The number of pyridine rings is 5. The molecular weight excluding hydrogens is 1510 g/mol. The van der Waals surface area contributed by atoms with Crippen LogP contribution in [0.5, 0.6) is 0 Å². The molecule has 2 fully saturated rings. The zero-order chi connectivity index (χ0) is 88.6. The van der Waals surface area contributed by atoms with Crippen molar-refractivity contribution in [1.82, 2.24) is 0 Å². The van der Waals surface area contributed by atoms with Crippen molar-refractivity contribution in [3.8, 4) is 112 Å². The van der Waals surface area contributed by atoms with Gasteiger partial charge in [-0.15, -0.1) is 0 Å². The molecule has 0 amide bonds. The van der Waals surface area contributed by atoms with Crippen LogP contribution in [0.1, 0.15) is 182 Å². The van der Waals surface area contributed by atoms with Crippen molar-refractivity contribution in [1.29, 1.82) is 0 Å². The van der Waals surface area contributed by atoms with Crippen LogP contribution < -0.4 is 22.8 Å². The van der Waals surface area contributed by atoms with E-state index in [0.717, 1.165) is 24.7 Å². The van der Waals surface area contributed by atoms with Crippen molar-refractivity contribution in [2.75, 3.05) is 0 Å². The average molecular weight is 1650 g/mol. The summed E-state index contributed by atoms with van der Waals surface area (Å²) in [5.41, 5.74) is 45.7. The SMILES string of the molecule is Cc1c[n+](C)c(-c2cc(-c3ccccc3)ccc2C)cc1CC(C)(C)C.Cc1c[n+](C)c(-c2cc(-c3ccccc3)ccc2C)cc1CC(C)C.Cc1cc(C)c(-c2cccc[n+]2C)cc1-c1ccccc1.Cc1ccc(-c2ccccc2)cc1-c1cc(C2CCCC2)c(C)c[n+]1C.Cc1ccc(-c2ccccc2)cc1-c1cc(C2CCCCC2)c(C)c[n+]1C. The summed E-state index contributed by atoms with van der Waals surface area (Å²) in [5, 5.41) is 0. The standard InChI is InChI=1S/C26H30N.C25H28N.C25H30N.C24H28N.C20H20N/c1-19-14-15-23(21-10-6-4-7-11-21)16-25(19)26-17-24(20(2)18-27(26)3)22-12-8-5-9-13-22;1-18-13-14-22(20-9-5-4-6-10-20)15-24(18)25-16-23(19(2)17-26(25)3)21-11-7-8-12-21;1-18-12-13-21(20-10-8-7-9-11-20)14-23(18)24-15-22(16-25(3,4)5)19(2)17-26(24)6;1-17(2)13-22-15-24(25(5)16-19(22)4)23-14-21(12-11-18(23)3)20-9-7-6-8-10-20;1-15-13-16(2)19(20-11-7-8-12-21(20)3)14-18(15)17-9-5-4-6-10-17/h4,6-7,10-11,14-18,22H,5,8-9,12-13H2,1-3H3;4-6,9-10,13-17,21H,7-8,11-12H2,1-3H3;7-15,17H,16H2,1-6H3;6-12,14-17H,13H2,1-5H3;4-14H,1-3H3/q5*+1. The highest BCUT2D eigenvalue weighted by Gasteiger charge is 2.28. The van der Waals surface area contributed by atoms with E-state index >= 15 is 0 Å². The highest BCUT2D eigenvalue weighted by atomic mass is 14.9. The Morgan fingerprint density at radius 2 is 0.560 bits per heavy atom. The molecule has 2 aliphatic rings. The largest absolute Gasteiger partial charge is 0.212 e. The summed E-state index contributed by atoms with van der Waals surface area (Å²) in [5.74, 6) is 2.14. The van der Waals surface area contributed by atoms with Crippen molar-refractivity contribution >= 4 is 0 Å². The molecule has 5 nitrogen and oxygen atoms in total. The molecule has 10 aromatic carbocycles. The second-order valence-corrected chi connectivity index (χ2v) is 37.6. The lowest BCUT2D eigenvalue weighted by Gasteiger charge is -2.23. The van der Waals surface area contributed by atoms with Gasteiger partial charge in [-0.25, -0.2) is 22.8 Å². The van der Waals surface area contributed by atoms with Crippen molar-refractivity contribution in [3.63, 3.8) is 0 Å². The van der Waals surface area contributed by atoms with Crippen LogP contribution in [0.2, 0.25) is 0 Å². The van der Waals surface area contributed by atoms with Crippen LogP contribution in [0.15, 0.2) is 310 Å². The highest BCUT2D eigenvalue weighted by Crippen LogP contribution is 2.41. The van der Waals surface area contributed by atoms with E-state index in [4.69, 9.17) is 0 Å². The fourth-order valence-electron chi connectivity index (χ4n) is 19.0. The summed E-state index contributed by atoms with van der Waals surface area (Å²) in [6.07, 6.45) is 25.8. The Labute approximate surface area is 750 Å². The van der Waals surface area contributed by atoms with Gasteiger partial charge in [0.1, 0.15) is 35.2 Å². The number of aromatic nitrogens is 5. The van der Waals surface area contributed by atoms with E-state index in [0.29, 0.717) is 5.92 Å². The van der Waals surface area contributed by atoms with Crippen molar-refractivity contribution in [2.45, 2.75) is 186 Å². The van der Waals surface area contributed by atoms with Crippen LogP contribution in [0.4, 0.5) is 0 Å². The van der Waals surface area contributed by atoms with Crippen molar-refractivity contribution in [2.24, 2.45) is 46.6 Å². The molecule has 5 aromatic heterocycles. The number of nitrogens with zero attached hydrogens (tertiary/aromatic N) is 5. The minimum Gasteiger partial charge on any atom is -0.201 e. The van der Waals surface area contributed by atoms with Crippen molar-refractivity contribution in [3.05, 3.63) is 388 Å². The van der Waals surface area contributed by atoms with Crippen LogP contribution in [0.3, 0.4) is 0 Å². The Morgan fingerprint density at radius 3 is 0.912 bits per heavy atom. The predicted molar refractivity (Wildman–Crippen MR) is 529 cm³/mol. The fraction of sp³-hybridized carbons (Fsp3) is 0.292. The van der Waals surface area contributed by atoms with Gasteiger partial charge < -0.3 is 0 Å². The maximum atomic E-state index is 2.47. The van der Waals surface area contributed by atoms with E-state index in [1.807, 2.05) is 0 Å². The number of hydrogen-bond acceptors (Lipinski definition) is 0. The molecule has 0 bridgehead atoms. The van der Waals surface area contributed by atoms with Crippen LogP contribution in [0.25, 0.3) is 112 Å². The molecule has 0 spiro atoms. The number of hydrogen-bond donors (Lipinski definition) is 0. The zero-order valence-electron chi connectivity index (χ0n) is 78.7. The summed E-state index contributed by atoms with van der Waals surface area (Å²) < 4.78 is 11.3. The second kappa shape index (κ2) is 41.6. The monoisotopic (exact) mass is 1650 g/mol. The Kier molecular flexibility index (Phi) is 30.2. The van der Waals surface area contributed by atoms with Gasteiger partial charge in [0.2, 0.25) is 28.5 Å². The lowest BCUT2D eigenvalue weighted by atomic mass is 9.82. The van der Waals surface area contributed by atoms with E-state index in [1.54, 1.807) is 11.1 Å². The topological polar surface area (TPSA) is 19.4 Å². The lowest BCUT2D eigenvalue weighted by Crippen LogP contribution is -2.32. The predicted octanol–water partition coefficient (Wildman–Crippen LogP) is 28.8. The first-order valence-corrected chi connectivity index (χ1v) is 45.9. The number of aryl methyl sites for hydroxylation is 15. The maximum absolute atomic E-state index is 2.47. The van der Waals surface area contributed by atoms with E-state index in [2.05, 4.69) is 472 Å². The van der Waals surface area contributed by atoms with Gasteiger partial charge in [-0.05, 0) is 279 Å². The molecule has 2 aliphatic carbocycles. The van der Waals surface area contributed by atoms with Gasteiger partial charge in [0.15, 0.2) is 31.0 Å². The normalized spacial score (nSPS) is 12.7. The van der Waals surface area contributed by atoms with Gasteiger partial charge in [0.25, 0.3) is 0 Å². The first-order valence-electron chi connectivity index (χ1n) is 45.9. The Balaban J connectivity index is 0.000000134. The summed E-state index contributed by atoms with van der Waals surface area (Å²) in [7, 11) is 10.8. The average Bonchev–Trinajstić information content (AvgIpc) is 1.61. The second-order valence-electron chi connectivity index (χ2n) is 37.6. The molecule has 17 rings (SSSR count). The molecular formula is C120H136N5+5. The summed E-state index contributed by atoms with van der Waals surface area (Å²) in [4.78, 5) is 0. The third kappa shape index (κ3) is 22.9. The van der Waals surface area contributed by atoms with Gasteiger partial charge in [0, 0.05) is 86.5 Å². The molecule has 0 saturated heterocycles. The van der Waals surface area contributed by atoms with Gasteiger partial charge in [0.05, 0.1) is 0 Å². The summed E-state index contributed by atoms with van der Waals surface area (Å²) in [6, 6.07) is 101. The third-order valence-electron chi connectivity index (χ3n) is 25.9. The molecule has 0 N–H and O–H groups in total. The van der Waals surface area contributed by atoms with Crippen LogP contribution in [0, 0.1) is 80.6 Å². The van der Waals surface area contributed by atoms with E-state index in [9.17, 15) is 0 Å². The van der Waals surface area contributed by atoms with Crippen LogP contribution in [-0.4, -0.2) is 0 Å². The van der Waals surface area contributed by atoms with Crippen LogP contribution >= 0.6 is 0 Å². The molecule has 0 unspecified atom stereocenters.